The average Bonchev–Trinajstić information content (AvgIpc) is 2.18. The van der Waals surface area contributed by atoms with Gasteiger partial charge in [-0.25, -0.2) is 24.4 Å². The highest BCUT2D eigenvalue weighted by Crippen LogP contribution is 2.35. The molecule has 3 aromatic carbocycles. The van der Waals surface area contributed by atoms with Gasteiger partial charge in [-0.2, -0.15) is 0 Å². The molecule has 9 aromatic rings. The molecule has 0 aliphatic carbocycles. The van der Waals surface area contributed by atoms with E-state index in [4.69, 9.17) is 95.4 Å². The van der Waals surface area contributed by atoms with Crippen molar-refractivity contribution in [1.29, 1.82) is 0 Å². The first-order chi connectivity index (χ1) is 43.4. The molecule has 3 saturated heterocycles. The number of carboxylic acids is 1. The molecule has 0 atom stereocenters. The quantitative estimate of drug-likeness (QED) is 0.0686. The number of fused-ring (bicyclic) bond motifs is 3. The van der Waals surface area contributed by atoms with Gasteiger partial charge in [-0.15, -0.1) is 11.6 Å². The minimum absolute atomic E-state index is 0.135. The third-order valence-electron chi connectivity index (χ3n) is 16.1. The number of H-pyrrole nitrogens is 1. The summed E-state index contributed by atoms with van der Waals surface area (Å²) in [6, 6.07) is 26.9. The maximum atomic E-state index is 12.0. The monoisotopic (exact) mass is 1360 g/mol. The van der Waals surface area contributed by atoms with Gasteiger partial charge in [0, 0.05) is 129 Å². The standard InChI is InChI=1S/C22H23Cl2N3O3.C21H21Cl2N3O3.C13H16Cl3N.C9H8N2O3/c1-29-22(28)20-13-19(14-21-25-4-7-27(20)21)30-9-8-26-5-2-15(3-6-26)16-10-17(23)12-18(24)11-16;22-16-9-15(10-17(23)11-16)14-1-4-25(5-2-14)7-8-29-18-12-19(21(27)28)26-6-3-24-20(26)13-18;14-3-6-17-4-1-10(2-5-17)11-7-12(15)9-13(16)8-11;1-14-9(13)7-4-6(12)5-8-10-2-3-11(7)8/h4,7,10-15H,2-3,5-6,8-9H2,1H3;3,6,9-14H,1-2,4-5,7-8H2,(H,27,28);7-10H,1-6H2;2-5,10H,1H3. The van der Waals surface area contributed by atoms with Gasteiger partial charge in [0.2, 0.25) is 0 Å². The number of aromatic nitrogens is 6. The van der Waals surface area contributed by atoms with Crippen molar-refractivity contribution in [3.63, 3.8) is 0 Å². The Labute approximate surface area is 556 Å². The molecule has 3 fully saturated rings. The Bertz CT molecular complexity index is 3900. The highest BCUT2D eigenvalue weighted by Gasteiger charge is 2.25. The van der Waals surface area contributed by atoms with Gasteiger partial charge in [-0.1, -0.05) is 69.6 Å². The van der Waals surface area contributed by atoms with E-state index < -0.39 is 17.9 Å². The van der Waals surface area contributed by atoms with Crippen LogP contribution in [0.3, 0.4) is 0 Å². The van der Waals surface area contributed by atoms with Crippen molar-refractivity contribution in [2.75, 3.05) is 92.2 Å². The third kappa shape index (κ3) is 18.6. The van der Waals surface area contributed by atoms with Crippen molar-refractivity contribution < 1.29 is 38.4 Å². The van der Waals surface area contributed by atoms with Gasteiger partial charge in [0.15, 0.2) is 5.43 Å². The van der Waals surface area contributed by atoms with Crippen molar-refractivity contribution >= 4 is 116 Å². The summed E-state index contributed by atoms with van der Waals surface area (Å²) in [6.07, 6.45) is 16.4. The Kier molecular flexibility index (Phi) is 24.6. The number of likely N-dealkylation sites (tertiary alicyclic amines) is 3. The lowest BCUT2D eigenvalue weighted by atomic mass is 9.89. The normalized spacial score (nSPS) is 15.3. The molecule has 18 nitrogen and oxygen atoms in total. The van der Waals surface area contributed by atoms with Gasteiger partial charge in [-0.3, -0.25) is 27.8 Å². The zero-order valence-corrected chi connectivity index (χ0v) is 54.8. The molecule has 0 saturated carbocycles. The van der Waals surface area contributed by atoms with Crippen LogP contribution in [0.2, 0.25) is 30.1 Å². The molecule has 0 amide bonds. The molecule has 6 aromatic heterocycles. The van der Waals surface area contributed by atoms with Crippen molar-refractivity contribution in [1.82, 2.24) is 42.9 Å². The van der Waals surface area contributed by atoms with E-state index in [1.54, 1.807) is 76.3 Å². The van der Waals surface area contributed by atoms with E-state index in [9.17, 15) is 24.3 Å². The molecule has 2 N–H and O–H groups in total. The van der Waals surface area contributed by atoms with E-state index in [2.05, 4.69) is 34.4 Å². The number of hydrogen-bond donors (Lipinski definition) is 2. The predicted octanol–water partition coefficient (Wildman–Crippen LogP) is 14.1. The predicted molar refractivity (Wildman–Crippen MR) is 354 cm³/mol. The summed E-state index contributed by atoms with van der Waals surface area (Å²) in [5.41, 5.74) is 5.98. The van der Waals surface area contributed by atoms with Crippen LogP contribution in [0.5, 0.6) is 11.5 Å². The Balaban J connectivity index is 0.000000149. The summed E-state index contributed by atoms with van der Waals surface area (Å²) in [7, 11) is 2.64. The van der Waals surface area contributed by atoms with Gasteiger partial charge < -0.3 is 33.9 Å². The molecule has 25 heteroatoms. The van der Waals surface area contributed by atoms with Crippen LogP contribution in [0.15, 0.2) is 133 Å². The molecule has 476 valence electrons. The van der Waals surface area contributed by atoms with E-state index in [1.165, 1.54) is 53.5 Å². The Morgan fingerprint density at radius 3 is 1.27 bits per heavy atom. The number of pyridine rings is 3. The van der Waals surface area contributed by atoms with Crippen LogP contribution in [0.4, 0.5) is 0 Å². The lowest BCUT2D eigenvalue weighted by Gasteiger charge is -2.32. The van der Waals surface area contributed by atoms with E-state index in [0.717, 1.165) is 107 Å². The number of aromatic amines is 1. The Hall–Kier alpha value is -6.55. The van der Waals surface area contributed by atoms with E-state index in [0.29, 0.717) is 91.1 Å². The molecule has 3 aliphatic rings. The number of nitrogens with one attached hydrogen (secondary N) is 1. The van der Waals surface area contributed by atoms with Gasteiger partial charge in [-0.05, 0) is 167 Å². The number of esters is 2. The zero-order chi connectivity index (χ0) is 63.8. The van der Waals surface area contributed by atoms with Crippen molar-refractivity contribution in [2.45, 2.75) is 56.3 Å². The highest BCUT2D eigenvalue weighted by molar-refractivity contribution is 6.35. The van der Waals surface area contributed by atoms with Crippen LogP contribution in [0.25, 0.3) is 16.9 Å². The smallest absolute Gasteiger partial charge is 0.355 e. The number of rotatable bonds is 16. The molecular weight excluding hydrogens is 1300 g/mol. The minimum atomic E-state index is -1.01. The summed E-state index contributed by atoms with van der Waals surface area (Å²) in [6.45, 7) is 9.76. The second-order valence-corrected chi connectivity index (χ2v) is 24.9. The number of benzene rings is 3. The highest BCUT2D eigenvalue weighted by atomic mass is 35.5. The van der Waals surface area contributed by atoms with Crippen molar-refractivity contribution in [3.05, 3.63) is 202 Å². The Morgan fingerprint density at radius 1 is 0.500 bits per heavy atom. The first kappa shape index (κ1) is 67.8. The number of aromatic carboxylic acids is 1. The molecular formula is C65H68Cl7N9O9. The van der Waals surface area contributed by atoms with E-state index >= 15 is 0 Å². The van der Waals surface area contributed by atoms with Gasteiger partial charge in [0.25, 0.3) is 0 Å². The number of hydrogen-bond acceptors (Lipinski definition) is 13. The van der Waals surface area contributed by atoms with Gasteiger partial charge in [0.1, 0.15) is 58.7 Å². The number of methoxy groups -OCH3 is 2. The molecule has 12 rings (SSSR count). The van der Waals surface area contributed by atoms with Crippen LogP contribution >= 0.6 is 81.2 Å². The summed E-state index contributed by atoms with van der Waals surface area (Å²) in [5.74, 6) is 1.40. The lowest BCUT2D eigenvalue weighted by Crippen LogP contribution is -2.35. The molecule has 90 heavy (non-hydrogen) atoms. The van der Waals surface area contributed by atoms with Crippen molar-refractivity contribution in [2.24, 2.45) is 0 Å². The number of carbonyl (C=O) groups is 3. The molecule has 0 unspecified atom stereocenters. The van der Waals surface area contributed by atoms with Gasteiger partial charge in [0.05, 0.1) is 14.2 Å². The lowest BCUT2D eigenvalue weighted by molar-refractivity contribution is 0.0583. The number of carbonyl (C=O) groups excluding carboxylic acids is 2. The maximum Gasteiger partial charge on any atom is 0.355 e. The molecule has 0 radical (unpaired) electrons. The minimum Gasteiger partial charge on any atom is -0.492 e. The second kappa shape index (κ2) is 32.6. The maximum absolute atomic E-state index is 12.0. The number of alkyl halides is 1. The number of imidazole rings is 3. The Morgan fingerprint density at radius 2 is 0.878 bits per heavy atom. The summed E-state index contributed by atoms with van der Waals surface area (Å²) in [4.78, 5) is 64.3. The van der Waals surface area contributed by atoms with Crippen LogP contribution in [0.1, 0.15) is 104 Å². The number of piperidine rings is 3. The third-order valence-corrected chi connectivity index (χ3v) is 17.6. The average molecular weight is 1370 g/mol. The summed E-state index contributed by atoms with van der Waals surface area (Å²) >= 11 is 42.4. The first-order valence-electron chi connectivity index (χ1n) is 29.3. The fourth-order valence-corrected chi connectivity index (χ4v) is 13.4. The fourth-order valence-electron chi connectivity index (χ4n) is 11.5. The molecule has 0 spiro atoms. The SMILES string of the molecule is COC(=O)c1cc(=O)cc2[nH]ccn12.COC(=O)c1cc(OCCN2CCC(c3cc(Cl)cc(Cl)c3)CC2)cc2nccn12.ClCCN1CCC(c2cc(Cl)cc(Cl)c2)CC1.O=C(O)c1cc(OCCN2CCC(c3cc(Cl)cc(Cl)c3)CC2)cc2nccn12. The topological polar surface area (TPSA) is 190 Å². The second-order valence-electron chi connectivity index (χ2n) is 21.9. The fraction of sp³-hybridized carbons (Fsp3) is 0.354. The molecule has 9 heterocycles. The van der Waals surface area contributed by atoms with Crippen LogP contribution < -0.4 is 14.9 Å². The van der Waals surface area contributed by atoms with Crippen LogP contribution in [-0.4, -0.2) is 158 Å². The number of nitrogens with zero attached hydrogens (tertiary/aromatic N) is 8. The van der Waals surface area contributed by atoms with Crippen LogP contribution in [-0.2, 0) is 9.47 Å². The molecule has 3 aliphatic heterocycles. The first-order valence-corrected chi connectivity index (χ1v) is 32.1. The summed E-state index contributed by atoms with van der Waals surface area (Å²) in [5, 5.41) is 13.6. The zero-order valence-electron chi connectivity index (χ0n) is 49.5. The number of halogens is 7. The number of carboxylic acid groups (broad SMARTS) is 1. The van der Waals surface area contributed by atoms with E-state index in [-0.39, 0.29) is 16.8 Å². The van der Waals surface area contributed by atoms with E-state index in [1.807, 2.05) is 42.5 Å². The van der Waals surface area contributed by atoms with Crippen molar-refractivity contribution in [3.8, 4) is 11.5 Å². The molecule has 0 bridgehead atoms. The largest absolute Gasteiger partial charge is 0.492 e. The van der Waals surface area contributed by atoms with Gasteiger partial charge >= 0.3 is 17.9 Å². The number of ether oxygens (including phenoxy) is 4. The van der Waals surface area contributed by atoms with Crippen LogP contribution in [0, 0.1) is 0 Å². The summed E-state index contributed by atoms with van der Waals surface area (Å²) < 4.78 is 26.0.